The van der Waals surface area contributed by atoms with Crippen molar-refractivity contribution in [3.63, 3.8) is 0 Å². The molecule has 0 spiro atoms. The average Bonchev–Trinajstić information content (AvgIpc) is 3.37. The average molecular weight is 358 g/mol. The maximum absolute atomic E-state index is 13.0. The highest BCUT2D eigenvalue weighted by molar-refractivity contribution is 7.12. The van der Waals surface area contributed by atoms with E-state index in [-0.39, 0.29) is 11.9 Å². The Morgan fingerprint density at radius 3 is 2.67 bits per heavy atom. The standard InChI is InChI=1S/C20H23NOS2/c1-13(17-11-14-6-7-15(17)10-14)21-20(22)18(19-5-3-9-24-19)12-16-4-2-8-23-16/h2-5,8-9,12-15,17H,6-7,10-11H2,1H3,(H,21,22)/b18-12+/t13-,14+,15-,17+/m0/s1. The van der Waals surface area contributed by atoms with Crippen LogP contribution in [0.2, 0.25) is 0 Å². The van der Waals surface area contributed by atoms with Gasteiger partial charge in [-0.05, 0) is 72.9 Å². The highest BCUT2D eigenvalue weighted by Crippen LogP contribution is 2.49. The molecule has 24 heavy (non-hydrogen) atoms. The summed E-state index contributed by atoms with van der Waals surface area (Å²) < 4.78 is 0. The van der Waals surface area contributed by atoms with Gasteiger partial charge in [0.15, 0.2) is 0 Å². The Labute approximate surface area is 151 Å². The van der Waals surface area contributed by atoms with Crippen LogP contribution in [-0.2, 0) is 4.79 Å². The van der Waals surface area contributed by atoms with E-state index in [0.29, 0.717) is 5.92 Å². The van der Waals surface area contributed by atoms with E-state index in [4.69, 9.17) is 0 Å². The van der Waals surface area contributed by atoms with Gasteiger partial charge in [-0.15, -0.1) is 22.7 Å². The van der Waals surface area contributed by atoms with Gasteiger partial charge in [-0.3, -0.25) is 4.79 Å². The molecule has 2 aromatic rings. The predicted molar refractivity (Wildman–Crippen MR) is 103 cm³/mol. The number of hydrogen-bond acceptors (Lipinski definition) is 3. The topological polar surface area (TPSA) is 29.1 Å². The number of thiophene rings is 2. The first-order valence-corrected chi connectivity index (χ1v) is 10.6. The predicted octanol–water partition coefficient (Wildman–Crippen LogP) is 5.29. The lowest BCUT2D eigenvalue weighted by Gasteiger charge is -2.28. The molecule has 0 aliphatic heterocycles. The molecule has 0 aromatic carbocycles. The summed E-state index contributed by atoms with van der Waals surface area (Å²) in [6.45, 7) is 2.19. The monoisotopic (exact) mass is 357 g/mol. The number of carbonyl (C=O) groups excluding carboxylic acids is 1. The summed E-state index contributed by atoms with van der Waals surface area (Å²) >= 11 is 3.30. The molecule has 0 radical (unpaired) electrons. The Bertz CT molecular complexity index is 717. The Kier molecular flexibility index (Phi) is 4.59. The molecule has 2 saturated carbocycles. The second-order valence-corrected chi connectivity index (χ2v) is 9.08. The summed E-state index contributed by atoms with van der Waals surface area (Å²) in [5, 5.41) is 7.39. The smallest absolute Gasteiger partial charge is 0.252 e. The van der Waals surface area contributed by atoms with Crippen LogP contribution >= 0.6 is 22.7 Å². The Hall–Kier alpha value is -1.39. The van der Waals surface area contributed by atoms with Crippen LogP contribution in [0.25, 0.3) is 11.6 Å². The van der Waals surface area contributed by atoms with Gasteiger partial charge in [0.1, 0.15) is 0 Å². The molecule has 2 aliphatic carbocycles. The molecule has 2 aromatic heterocycles. The lowest BCUT2D eigenvalue weighted by Crippen LogP contribution is -2.40. The van der Waals surface area contributed by atoms with Crippen molar-refractivity contribution in [2.45, 2.75) is 38.6 Å². The minimum absolute atomic E-state index is 0.0705. The molecule has 2 bridgehead atoms. The number of rotatable bonds is 5. The molecule has 4 atom stereocenters. The Morgan fingerprint density at radius 2 is 2.04 bits per heavy atom. The molecule has 4 rings (SSSR count). The van der Waals surface area contributed by atoms with Crippen LogP contribution in [0.5, 0.6) is 0 Å². The van der Waals surface area contributed by atoms with E-state index in [9.17, 15) is 4.79 Å². The molecular formula is C20H23NOS2. The fourth-order valence-corrected chi connectivity index (χ4v) is 5.89. The maximum Gasteiger partial charge on any atom is 0.252 e. The quantitative estimate of drug-likeness (QED) is 0.724. The fourth-order valence-electron chi connectivity index (χ4n) is 4.49. The van der Waals surface area contributed by atoms with Crippen LogP contribution in [0, 0.1) is 17.8 Å². The minimum atomic E-state index is 0.0705. The summed E-state index contributed by atoms with van der Waals surface area (Å²) in [5.41, 5.74) is 0.794. The van der Waals surface area contributed by atoms with Gasteiger partial charge in [-0.25, -0.2) is 0 Å². The summed E-state index contributed by atoms with van der Waals surface area (Å²) in [7, 11) is 0. The van der Waals surface area contributed by atoms with Crippen molar-refractivity contribution in [3.05, 3.63) is 44.8 Å². The summed E-state index contributed by atoms with van der Waals surface area (Å²) in [6, 6.07) is 8.39. The van der Waals surface area contributed by atoms with Gasteiger partial charge in [0.25, 0.3) is 5.91 Å². The molecule has 2 nitrogen and oxygen atoms in total. The Morgan fingerprint density at radius 1 is 1.21 bits per heavy atom. The maximum atomic E-state index is 13.0. The van der Waals surface area contributed by atoms with Crippen LogP contribution in [-0.4, -0.2) is 11.9 Å². The van der Waals surface area contributed by atoms with Crippen LogP contribution < -0.4 is 5.32 Å². The molecule has 2 heterocycles. The van der Waals surface area contributed by atoms with Crippen molar-refractivity contribution in [2.75, 3.05) is 0 Å². The zero-order chi connectivity index (χ0) is 16.5. The van der Waals surface area contributed by atoms with Gasteiger partial charge in [-0.1, -0.05) is 18.6 Å². The summed E-state index contributed by atoms with van der Waals surface area (Å²) in [4.78, 5) is 15.1. The lowest BCUT2D eigenvalue weighted by atomic mass is 9.84. The highest BCUT2D eigenvalue weighted by Gasteiger charge is 2.42. The molecule has 4 heteroatoms. The Balaban J connectivity index is 1.51. The van der Waals surface area contributed by atoms with E-state index in [1.807, 2.05) is 35.0 Å². The second-order valence-electron chi connectivity index (χ2n) is 7.15. The van der Waals surface area contributed by atoms with E-state index in [1.54, 1.807) is 22.7 Å². The number of amides is 1. The minimum Gasteiger partial charge on any atom is -0.349 e. The molecule has 0 saturated heterocycles. The molecule has 1 amide bonds. The van der Waals surface area contributed by atoms with Crippen LogP contribution in [0.1, 0.15) is 42.4 Å². The largest absolute Gasteiger partial charge is 0.349 e. The van der Waals surface area contributed by atoms with E-state index in [0.717, 1.165) is 27.2 Å². The van der Waals surface area contributed by atoms with E-state index < -0.39 is 0 Å². The molecule has 126 valence electrons. The normalized spacial score (nSPS) is 27.4. The molecule has 2 fully saturated rings. The number of fused-ring (bicyclic) bond motifs is 2. The molecule has 1 N–H and O–H groups in total. The van der Waals surface area contributed by atoms with E-state index >= 15 is 0 Å². The van der Waals surface area contributed by atoms with Crippen LogP contribution in [0.3, 0.4) is 0 Å². The third-order valence-corrected chi connectivity index (χ3v) is 7.38. The summed E-state index contributed by atoms with van der Waals surface area (Å²) in [5.74, 6) is 2.48. The van der Waals surface area contributed by atoms with Gasteiger partial charge in [0.2, 0.25) is 0 Å². The van der Waals surface area contributed by atoms with Crippen molar-refractivity contribution in [1.82, 2.24) is 5.32 Å². The number of nitrogens with one attached hydrogen (secondary N) is 1. The van der Waals surface area contributed by atoms with Gasteiger partial charge in [0, 0.05) is 15.8 Å². The first-order valence-electron chi connectivity index (χ1n) is 8.80. The van der Waals surface area contributed by atoms with Crippen molar-refractivity contribution in [3.8, 4) is 0 Å². The number of carbonyl (C=O) groups is 1. The van der Waals surface area contributed by atoms with Gasteiger partial charge in [-0.2, -0.15) is 0 Å². The molecule has 2 aliphatic rings. The van der Waals surface area contributed by atoms with Crippen LogP contribution in [0.4, 0.5) is 0 Å². The fraction of sp³-hybridized carbons (Fsp3) is 0.450. The van der Waals surface area contributed by atoms with Crippen molar-refractivity contribution in [2.24, 2.45) is 17.8 Å². The first kappa shape index (κ1) is 16.1. The van der Waals surface area contributed by atoms with Crippen molar-refractivity contribution >= 4 is 40.2 Å². The summed E-state index contributed by atoms with van der Waals surface area (Å²) in [6.07, 6.45) is 7.47. The third kappa shape index (κ3) is 3.22. The third-order valence-electron chi connectivity index (χ3n) is 5.65. The highest BCUT2D eigenvalue weighted by atomic mass is 32.1. The van der Waals surface area contributed by atoms with Crippen LogP contribution in [0.15, 0.2) is 35.0 Å². The lowest BCUT2D eigenvalue weighted by molar-refractivity contribution is -0.116. The van der Waals surface area contributed by atoms with E-state index in [1.165, 1.54) is 25.7 Å². The zero-order valence-electron chi connectivity index (χ0n) is 13.9. The second kappa shape index (κ2) is 6.85. The van der Waals surface area contributed by atoms with Gasteiger partial charge >= 0.3 is 0 Å². The zero-order valence-corrected chi connectivity index (χ0v) is 15.5. The SMILES string of the molecule is C[C@H](NC(=O)/C(=C/c1cccs1)c1cccs1)[C@H]1C[C@@H]2CC[C@H]1C2. The van der Waals surface area contributed by atoms with Gasteiger partial charge in [0.05, 0.1) is 5.57 Å². The number of hydrogen-bond donors (Lipinski definition) is 1. The molecule has 0 unspecified atom stereocenters. The van der Waals surface area contributed by atoms with Crippen molar-refractivity contribution < 1.29 is 4.79 Å². The van der Waals surface area contributed by atoms with Gasteiger partial charge < -0.3 is 5.32 Å². The molecular weight excluding hydrogens is 334 g/mol. The van der Waals surface area contributed by atoms with E-state index in [2.05, 4.69) is 18.3 Å². The van der Waals surface area contributed by atoms with Crippen molar-refractivity contribution in [1.29, 1.82) is 0 Å². The first-order chi connectivity index (χ1) is 11.7.